The van der Waals surface area contributed by atoms with Crippen LogP contribution < -0.4 is 10.1 Å². The van der Waals surface area contributed by atoms with Gasteiger partial charge in [-0.2, -0.15) is 0 Å². The average Bonchev–Trinajstić information content (AvgIpc) is 2.92. The smallest absolute Gasteiger partial charge is 0.124 e. The number of hydrogen-bond donors (Lipinski definition) is 1. The summed E-state index contributed by atoms with van der Waals surface area (Å²) in [6.07, 6.45) is 2.20. The third-order valence-electron chi connectivity index (χ3n) is 3.34. The van der Waals surface area contributed by atoms with Crippen molar-refractivity contribution in [2.24, 2.45) is 0 Å². The summed E-state index contributed by atoms with van der Waals surface area (Å²) in [5, 5.41) is 5.68. The normalized spacial score (nSPS) is 12.3. The molecule has 0 spiro atoms. The number of ether oxygens (including phenoxy) is 1. The van der Waals surface area contributed by atoms with Crippen LogP contribution in [0, 0.1) is 0 Å². The Morgan fingerprint density at radius 2 is 2.10 bits per heavy atom. The van der Waals surface area contributed by atoms with Crippen molar-refractivity contribution in [1.82, 2.24) is 5.32 Å². The summed E-state index contributed by atoms with van der Waals surface area (Å²) in [5.41, 5.74) is 1.25. The molecule has 2 rings (SSSR count). The van der Waals surface area contributed by atoms with Gasteiger partial charge in [0, 0.05) is 26.3 Å². The van der Waals surface area contributed by atoms with Gasteiger partial charge < -0.3 is 10.1 Å². The van der Waals surface area contributed by atoms with E-state index < -0.39 is 0 Å². The molecule has 1 aromatic carbocycles. The molecule has 0 aliphatic rings. The molecule has 0 radical (unpaired) electrons. The van der Waals surface area contributed by atoms with E-state index >= 15 is 0 Å². The van der Waals surface area contributed by atoms with Gasteiger partial charge in [-0.3, -0.25) is 0 Å². The van der Waals surface area contributed by atoms with E-state index in [1.54, 1.807) is 11.3 Å². The van der Waals surface area contributed by atoms with Crippen LogP contribution >= 0.6 is 27.3 Å². The van der Waals surface area contributed by atoms with Gasteiger partial charge >= 0.3 is 0 Å². The molecule has 1 heterocycles. The van der Waals surface area contributed by atoms with Crippen molar-refractivity contribution in [3.05, 3.63) is 50.6 Å². The molecule has 0 amide bonds. The third-order valence-corrected chi connectivity index (χ3v) is 5.01. The van der Waals surface area contributed by atoms with Crippen molar-refractivity contribution in [1.29, 1.82) is 0 Å². The lowest BCUT2D eigenvalue weighted by Gasteiger charge is -2.20. The van der Waals surface area contributed by atoms with Crippen molar-refractivity contribution in [2.75, 3.05) is 6.54 Å². The number of nitrogens with one attached hydrogen (secondary N) is 1. The third kappa shape index (κ3) is 4.83. The molecule has 0 saturated carbocycles. The molecule has 0 fully saturated rings. The van der Waals surface area contributed by atoms with Gasteiger partial charge in [0.15, 0.2) is 0 Å². The molecular weight excluding hydrogens is 346 g/mol. The Bertz CT molecular complexity index is 555. The van der Waals surface area contributed by atoms with E-state index in [4.69, 9.17) is 4.74 Å². The minimum absolute atomic E-state index is 0.358. The molecule has 1 unspecified atom stereocenters. The largest absolute Gasteiger partial charge is 0.488 e. The van der Waals surface area contributed by atoms with Crippen molar-refractivity contribution in [2.45, 2.75) is 39.3 Å². The number of thiophene rings is 1. The van der Waals surface area contributed by atoms with Crippen LogP contribution in [0.15, 0.2) is 40.2 Å². The first-order chi connectivity index (χ1) is 10.2. The molecule has 1 N–H and O–H groups in total. The van der Waals surface area contributed by atoms with Crippen LogP contribution in [0.3, 0.4) is 0 Å². The van der Waals surface area contributed by atoms with Gasteiger partial charge in [-0.05, 0) is 47.4 Å². The molecule has 0 saturated heterocycles. The first-order valence-corrected chi connectivity index (χ1v) is 9.09. The minimum Gasteiger partial charge on any atom is -0.488 e. The van der Waals surface area contributed by atoms with Crippen molar-refractivity contribution < 1.29 is 4.74 Å². The van der Waals surface area contributed by atoms with Crippen LogP contribution in [-0.2, 0) is 6.61 Å². The minimum atomic E-state index is 0.358. The number of rotatable bonds is 8. The number of hydrogen-bond acceptors (Lipinski definition) is 3. The van der Waals surface area contributed by atoms with Crippen LogP contribution in [0.4, 0.5) is 0 Å². The van der Waals surface area contributed by atoms with Crippen LogP contribution in [0.25, 0.3) is 0 Å². The Kier molecular flexibility index (Phi) is 6.74. The summed E-state index contributed by atoms with van der Waals surface area (Å²) >= 11 is 5.20. The second-order valence-electron chi connectivity index (χ2n) is 4.97. The fourth-order valence-electron chi connectivity index (χ4n) is 2.27. The maximum Gasteiger partial charge on any atom is 0.124 e. The topological polar surface area (TPSA) is 21.3 Å². The summed E-state index contributed by atoms with van der Waals surface area (Å²) in [7, 11) is 0. The summed E-state index contributed by atoms with van der Waals surface area (Å²) in [6, 6.07) is 10.8. The number of para-hydroxylation sites is 1. The first-order valence-electron chi connectivity index (χ1n) is 7.42. The van der Waals surface area contributed by atoms with E-state index in [9.17, 15) is 0 Å². The summed E-state index contributed by atoms with van der Waals surface area (Å²) in [6.45, 7) is 6.06. The second kappa shape index (κ2) is 8.57. The highest BCUT2D eigenvalue weighted by Crippen LogP contribution is 2.29. The molecule has 21 heavy (non-hydrogen) atoms. The SMILES string of the molecule is CCCNC(CC)c1ccccc1OCc1cc(Br)cs1. The van der Waals surface area contributed by atoms with Crippen LogP contribution in [0.1, 0.15) is 43.2 Å². The van der Waals surface area contributed by atoms with E-state index in [1.807, 2.05) is 6.07 Å². The Balaban J connectivity index is 2.08. The van der Waals surface area contributed by atoms with Gasteiger partial charge in [-0.1, -0.05) is 32.0 Å². The van der Waals surface area contributed by atoms with E-state index in [1.165, 1.54) is 10.4 Å². The molecule has 4 heteroatoms. The molecule has 2 nitrogen and oxygen atoms in total. The molecule has 0 bridgehead atoms. The fourth-order valence-corrected chi connectivity index (χ4v) is 3.63. The zero-order valence-corrected chi connectivity index (χ0v) is 15.0. The van der Waals surface area contributed by atoms with Gasteiger partial charge in [0.1, 0.15) is 12.4 Å². The van der Waals surface area contributed by atoms with Crippen LogP contribution in [0.2, 0.25) is 0 Å². The summed E-state index contributed by atoms with van der Waals surface area (Å²) in [4.78, 5) is 1.23. The lowest BCUT2D eigenvalue weighted by molar-refractivity contribution is 0.301. The van der Waals surface area contributed by atoms with Crippen molar-refractivity contribution in [3.8, 4) is 5.75 Å². The quantitative estimate of drug-likeness (QED) is 0.661. The van der Waals surface area contributed by atoms with Gasteiger partial charge in [-0.25, -0.2) is 0 Å². The highest BCUT2D eigenvalue weighted by atomic mass is 79.9. The van der Waals surface area contributed by atoms with Gasteiger partial charge in [0.05, 0.1) is 0 Å². The second-order valence-corrected chi connectivity index (χ2v) is 6.88. The van der Waals surface area contributed by atoms with Gasteiger partial charge in [0.25, 0.3) is 0 Å². The highest BCUT2D eigenvalue weighted by molar-refractivity contribution is 9.10. The lowest BCUT2D eigenvalue weighted by atomic mass is 10.0. The van der Waals surface area contributed by atoms with Crippen molar-refractivity contribution >= 4 is 27.3 Å². The molecular formula is C17H22BrNOS. The van der Waals surface area contributed by atoms with Gasteiger partial charge in [0.2, 0.25) is 0 Å². The highest BCUT2D eigenvalue weighted by Gasteiger charge is 2.13. The zero-order chi connectivity index (χ0) is 15.1. The van der Waals surface area contributed by atoms with E-state index in [0.717, 1.165) is 29.6 Å². The monoisotopic (exact) mass is 367 g/mol. The van der Waals surface area contributed by atoms with E-state index in [0.29, 0.717) is 12.6 Å². The summed E-state index contributed by atoms with van der Waals surface area (Å²) in [5.74, 6) is 0.984. The zero-order valence-electron chi connectivity index (χ0n) is 12.6. The molecule has 1 atom stereocenters. The molecule has 114 valence electrons. The van der Waals surface area contributed by atoms with Gasteiger partial charge in [-0.15, -0.1) is 11.3 Å². The molecule has 0 aliphatic heterocycles. The fraction of sp³-hybridized carbons (Fsp3) is 0.412. The number of halogens is 1. The Hall–Kier alpha value is -0.840. The average molecular weight is 368 g/mol. The predicted molar refractivity (Wildman–Crippen MR) is 94.1 cm³/mol. The first kappa shape index (κ1) is 16.5. The lowest BCUT2D eigenvalue weighted by Crippen LogP contribution is -2.22. The Morgan fingerprint density at radius 3 is 2.76 bits per heavy atom. The van der Waals surface area contributed by atoms with Crippen LogP contribution in [0.5, 0.6) is 5.75 Å². The maximum absolute atomic E-state index is 6.05. The van der Waals surface area contributed by atoms with Crippen molar-refractivity contribution in [3.63, 3.8) is 0 Å². The van der Waals surface area contributed by atoms with E-state index in [2.05, 4.69) is 64.7 Å². The number of benzene rings is 1. The molecule has 0 aliphatic carbocycles. The Labute approximate surface area is 139 Å². The predicted octanol–water partition coefficient (Wildman–Crippen LogP) is 5.54. The summed E-state index contributed by atoms with van der Waals surface area (Å²) < 4.78 is 7.17. The molecule has 1 aromatic heterocycles. The molecule has 2 aromatic rings. The van der Waals surface area contributed by atoms with Crippen LogP contribution in [-0.4, -0.2) is 6.54 Å². The Morgan fingerprint density at radius 1 is 1.29 bits per heavy atom. The standard InChI is InChI=1S/C17H22BrNOS/c1-3-9-19-16(4-2)15-7-5-6-8-17(15)20-11-14-10-13(18)12-21-14/h5-8,10,12,16,19H,3-4,9,11H2,1-2H3. The van der Waals surface area contributed by atoms with E-state index in [-0.39, 0.29) is 0 Å². The maximum atomic E-state index is 6.05.